The standard InChI is InChI=1S/C13H22ClN3O2/c1-9-10(12(14)16(5)15-9)8-17(13(2,3)4)7-6-11(18)19/h6-8H2,1-5H3,(H,18,19). The molecule has 0 unspecified atom stereocenters. The van der Waals surface area contributed by atoms with Crippen molar-refractivity contribution in [3.63, 3.8) is 0 Å². The van der Waals surface area contributed by atoms with E-state index >= 15 is 0 Å². The van der Waals surface area contributed by atoms with E-state index in [-0.39, 0.29) is 12.0 Å². The number of aliphatic carboxylic acids is 1. The van der Waals surface area contributed by atoms with Crippen molar-refractivity contribution in [3.8, 4) is 0 Å². The lowest BCUT2D eigenvalue weighted by atomic mass is 10.0. The Hall–Kier alpha value is -1.07. The fourth-order valence-electron chi connectivity index (χ4n) is 1.93. The SMILES string of the molecule is Cc1nn(C)c(Cl)c1CN(CCC(=O)O)C(C)(C)C. The number of carboxylic acids is 1. The zero-order valence-electron chi connectivity index (χ0n) is 12.2. The van der Waals surface area contributed by atoms with Gasteiger partial charge in [0.15, 0.2) is 0 Å². The molecule has 1 aromatic heterocycles. The summed E-state index contributed by atoms with van der Waals surface area (Å²) in [6.45, 7) is 9.20. The molecule has 0 radical (unpaired) electrons. The van der Waals surface area contributed by atoms with Crippen molar-refractivity contribution in [2.45, 2.75) is 46.2 Å². The van der Waals surface area contributed by atoms with Crippen LogP contribution in [0, 0.1) is 6.92 Å². The van der Waals surface area contributed by atoms with Crippen LogP contribution in [0.5, 0.6) is 0 Å². The van der Waals surface area contributed by atoms with Crippen molar-refractivity contribution < 1.29 is 9.90 Å². The fraction of sp³-hybridized carbons (Fsp3) is 0.692. The van der Waals surface area contributed by atoms with E-state index in [0.717, 1.165) is 11.3 Å². The third-order valence-corrected chi connectivity index (χ3v) is 3.64. The summed E-state index contributed by atoms with van der Waals surface area (Å²) < 4.78 is 1.64. The summed E-state index contributed by atoms with van der Waals surface area (Å²) >= 11 is 6.23. The molecule has 1 rings (SSSR count). The van der Waals surface area contributed by atoms with Crippen molar-refractivity contribution in [1.82, 2.24) is 14.7 Å². The molecule has 0 saturated heterocycles. The average Bonchev–Trinajstić information content (AvgIpc) is 2.47. The number of aromatic nitrogens is 2. The minimum absolute atomic E-state index is 0.119. The number of hydrogen-bond donors (Lipinski definition) is 1. The van der Waals surface area contributed by atoms with Crippen LogP contribution in [0.25, 0.3) is 0 Å². The Kier molecular flexibility index (Phi) is 4.98. The molecule has 0 aliphatic heterocycles. The topological polar surface area (TPSA) is 58.4 Å². The Labute approximate surface area is 119 Å². The van der Waals surface area contributed by atoms with Crippen LogP contribution in [0.1, 0.15) is 38.4 Å². The quantitative estimate of drug-likeness (QED) is 0.904. The molecule has 0 fully saturated rings. The van der Waals surface area contributed by atoms with Gasteiger partial charge in [0.1, 0.15) is 5.15 Å². The van der Waals surface area contributed by atoms with Crippen molar-refractivity contribution in [2.75, 3.05) is 6.54 Å². The van der Waals surface area contributed by atoms with E-state index in [1.54, 1.807) is 11.7 Å². The second-order valence-corrected chi connectivity index (χ2v) is 6.07. The number of aryl methyl sites for hydroxylation is 2. The molecule has 1 heterocycles. The van der Waals surface area contributed by atoms with E-state index in [4.69, 9.17) is 16.7 Å². The molecule has 0 aliphatic carbocycles. The largest absolute Gasteiger partial charge is 0.481 e. The summed E-state index contributed by atoms with van der Waals surface area (Å²) in [5, 5.41) is 13.7. The molecule has 0 amide bonds. The van der Waals surface area contributed by atoms with Gasteiger partial charge in [-0.25, -0.2) is 0 Å². The van der Waals surface area contributed by atoms with Crippen molar-refractivity contribution >= 4 is 17.6 Å². The van der Waals surface area contributed by atoms with E-state index in [9.17, 15) is 4.79 Å². The predicted molar refractivity (Wildman–Crippen MR) is 75.4 cm³/mol. The number of nitrogens with zero attached hydrogens (tertiary/aromatic N) is 3. The number of carbonyl (C=O) groups is 1. The Bertz CT molecular complexity index is 463. The number of halogens is 1. The van der Waals surface area contributed by atoms with Crippen molar-refractivity contribution in [2.24, 2.45) is 7.05 Å². The summed E-state index contributed by atoms with van der Waals surface area (Å²) in [6, 6.07) is 0. The Balaban J connectivity index is 2.91. The Morgan fingerprint density at radius 1 is 1.47 bits per heavy atom. The number of hydrogen-bond acceptors (Lipinski definition) is 3. The van der Waals surface area contributed by atoms with Crippen LogP contribution in [0.3, 0.4) is 0 Å². The maximum atomic E-state index is 10.8. The normalized spacial score (nSPS) is 12.2. The molecular formula is C13H22ClN3O2. The average molecular weight is 288 g/mol. The summed E-state index contributed by atoms with van der Waals surface area (Å²) in [4.78, 5) is 12.9. The Morgan fingerprint density at radius 2 is 2.05 bits per heavy atom. The van der Waals surface area contributed by atoms with Gasteiger partial charge in [0.05, 0.1) is 12.1 Å². The van der Waals surface area contributed by atoms with Crippen LogP contribution < -0.4 is 0 Å². The van der Waals surface area contributed by atoms with Crippen LogP contribution in [0.15, 0.2) is 0 Å². The van der Waals surface area contributed by atoms with Crippen LogP contribution in [-0.2, 0) is 18.4 Å². The predicted octanol–water partition coefficient (Wildman–Crippen LogP) is 2.46. The summed E-state index contributed by atoms with van der Waals surface area (Å²) in [7, 11) is 1.80. The first-order chi connectivity index (χ1) is 8.62. The minimum atomic E-state index is -0.789. The van der Waals surface area contributed by atoms with Gasteiger partial charge >= 0.3 is 5.97 Å². The first kappa shape index (κ1) is 16.0. The van der Waals surface area contributed by atoms with E-state index < -0.39 is 5.97 Å². The lowest BCUT2D eigenvalue weighted by Gasteiger charge is -2.35. The van der Waals surface area contributed by atoms with Gasteiger partial charge in [-0.3, -0.25) is 14.4 Å². The van der Waals surface area contributed by atoms with Crippen LogP contribution in [-0.4, -0.2) is 37.8 Å². The van der Waals surface area contributed by atoms with E-state index in [2.05, 4.69) is 30.8 Å². The van der Waals surface area contributed by atoms with Gasteiger partial charge in [-0.2, -0.15) is 5.10 Å². The lowest BCUT2D eigenvalue weighted by molar-refractivity contribution is -0.137. The highest BCUT2D eigenvalue weighted by Gasteiger charge is 2.24. The van der Waals surface area contributed by atoms with E-state index in [0.29, 0.717) is 18.2 Å². The minimum Gasteiger partial charge on any atom is -0.481 e. The molecule has 5 nitrogen and oxygen atoms in total. The molecule has 0 atom stereocenters. The molecule has 1 aromatic rings. The molecule has 0 aliphatic rings. The highest BCUT2D eigenvalue weighted by atomic mass is 35.5. The number of rotatable bonds is 5. The van der Waals surface area contributed by atoms with Crippen LogP contribution in [0.2, 0.25) is 5.15 Å². The van der Waals surface area contributed by atoms with Gasteiger partial charge in [-0.15, -0.1) is 0 Å². The molecule has 0 aromatic carbocycles. The third-order valence-electron chi connectivity index (χ3n) is 3.16. The molecule has 0 spiro atoms. The lowest BCUT2D eigenvalue weighted by Crippen LogP contribution is -2.42. The van der Waals surface area contributed by atoms with Gasteiger partial charge in [-0.05, 0) is 27.7 Å². The summed E-state index contributed by atoms with van der Waals surface area (Å²) in [6.07, 6.45) is 0.119. The second-order valence-electron chi connectivity index (χ2n) is 5.71. The summed E-state index contributed by atoms with van der Waals surface area (Å²) in [5.74, 6) is -0.789. The molecule has 0 saturated carbocycles. The molecule has 19 heavy (non-hydrogen) atoms. The van der Waals surface area contributed by atoms with Crippen LogP contribution in [0.4, 0.5) is 0 Å². The molecular weight excluding hydrogens is 266 g/mol. The first-order valence-corrected chi connectivity index (χ1v) is 6.65. The third kappa shape index (κ3) is 4.21. The maximum Gasteiger partial charge on any atom is 0.304 e. The van der Waals surface area contributed by atoms with E-state index in [1.807, 2.05) is 6.92 Å². The Morgan fingerprint density at radius 3 is 2.42 bits per heavy atom. The molecule has 0 bridgehead atoms. The highest BCUT2D eigenvalue weighted by molar-refractivity contribution is 6.30. The van der Waals surface area contributed by atoms with Gasteiger partial charge in [0, 0.05) is 31.2 Å². The number of carboxylic acid groups (broad SMARTS) is 1. The maximum absolute atomic E-state index is 10.8. The first-order valence-electron chi connectivity index (χ1n) is 6.27. The molecule has 1 N–H and O–H groups in total. The van der Waals surface area contributed by atoms with Gasteiger partial charge in [-0.1, -0.05) is 11.6 Å². The van der Waals surface area contributed by atoms with E-state index in [1.165, 1.54) is 0 Å². The summed E-state index contributed by atoms with van der Waals surface area (Å²) in [5.41, 5.74) is 1.72. The van der Waals surface area contributed by atoms with Crippen molar-refractivity contribution in [3.05, 3.63) is 16.4 Å². The zero-order chi connectivity index (χ0) is 14.8. The fourth-order valence-corrected chi connectivity index (χ4v) is 2.16. The second kappa shape index (κ2) is 5.92. The van der Waals surface area contributed by atoms with Gasteiger partial charge in [0.25, 0.3) is 0 Å². The smallest absolute Gasteiger partial charge is 0.304 e. The van der Waals surface area contributed by atoms with Gasteiger partial charge < -0.3 is 5.11 Å². The monoisotopic (exact) mass is 287 g/mol. The zero-order valence-corrected chi connectivity index (χ0v) is 13.0. The van der Waals surface area contributed by atoms with Crippen molar-refractivity contribution in [1.29, 1.82) is 0 Å². The van der Waals surface area contributed by atoms with Crippen LogP contribution >= 0.6 is 11.6 Å². The molecule has 6 heteroatoms. The van der Waals surface area contributed by atoms with Gasteiger partial charge in [0.2, 0.25) is 0 Å². The molecule has 108 valence electrons. The highest BCUT2D eigenvalue weighted by Crippen LogP contribution is 2.24.